The summed E-state index contributed by atoms with van der Waals surface area (Å²) in [7, 11) is 0. The van der Waals surface area contributed by atoms with E-state index in [0.717, 1.165) is 33.2 Å². The number of hydrogen-bond acceptors (Lipinski definition) is 2. The van der Waals surface area contributed by atoms with Gasteiger partial charge in [0, 0.05) is 15.6 Å². The summed E-state index contributed by atoms with van der Waals surface area (Å²) in [6.07, 6.45) is 0.681. The predicted molar refractivity (Wildman–Crippen MR) is 85.2 cm³/mol. The zero-order chi connectivity index (χ0) is 14.7. The molecule has 2 nitrogen and oxygen atoms in total. The summed E-state index contributed by atoms with van der Waals surface area (Å²) >= 11 is 12.4. The third kappa shape index (κ3) is 3.26. The van der Waals surface area contributed by atoms with Crippen LogP contribution in [0.1, 0.15) is 16.7 Å². The quantitative estimate of drug-likeness (QED) is 0.871. The first-order chi connectivity index (χ1) is 9.52. The summed E-state index contributed by atoms with van der Waals surface area (Å²) in [6.45, 7) is 4.45. The molecule has 0 spiro atoms. The Balaban J connectivity index is 2.37. The Kier molecular flexibility index (Phi) is 4.92. The molecular formula is C16H17Cl2NO. The number of nitrogens with two attached hydrogens (primary N) is 1. The first-order valence-electron chi connectivity index (χ1n) is 6.45. The fourth-order valence-electron chi connectivity index (χ4n) is 2.11. The minimum atomic E-state index is 0.527. The lowest BCUT2D eigenvalue weighted by atomic mass is 10.1. The van der Waals surface area contributed by atoms with E-state index in [0.29, 0.717) is 18.0 Å². The molecule has 0 aromatic heterocycles. The van der Waals surface area contributed by atoms with Crippen LogP contribution in [0.5, 0.6) is 11.5 Å². The molecule has 0 aliphatic rings. The zero-order valence-electron chi connectivity index (χ0n) is 11.5. The van der Waals surface area contributed by atoms with Gasteiger partial charge in [-0.15, -0.1) is 0 Å². The van der Waals surface area contributed by atoms with Crippen molar-refractivity contribution in [3.63, 3.8) is 0 Å². The number of benzene rings is 2. The smallest absolute Gasteiger partial charge is 0.132 e. The van der Waals surface area contributed by atoms with Crippen LogP contribution in [0, 0.1) is 13.8 Å². The van der Waals surface area contributed by atoms with Crippen LogP contribution in [0.3, 0.4) is 0 Å². The fourth-order valence-corrected chi connectivity index (χ4v) is 2.48. The van der Waals surface area contributed by atoms with Gasteiger partial charge in [0.25, 0.3) is 0 Å². The molecule has 0 unspecified atom stereocenters. The van der Waals surface area contributed by atoms with Crippen molar-refractivity contribution in [2.75, 3.05) is 6.54 Å². The molecule has 0 atom stereocenters. The van der Waals surface area contributed by atoms with E-state index in [-0.39, 0.29) is 0 Å². The second kappa shape index (κ2) is 6.49. The highest BCUT2D eigenvalue weighted by Crippen LogP contribution is 2.33. The molecule has 0 amide bonds. The molecule has 4 heteroatoms. The Morgan fingerprint density at radius 1 is 1.10 bits per heavy atom. The highest BCUT2D eigenvalue weighted by Gasteiger charge is 2.10. The van der Waals surface area contributed by atoms with Gasteiger partial charge in [-0.2, -0.15) is 0 Å². The van der Waals surface area contributed by atoms with Gasteiger partial charge in [-0.25, -0.2) is 0 Å². The third-order valence-electron chi connectivity index (χ3n) is 3.11. The van der Waals surface area contributed by atoms with Gasteiger partial charge in [0.05, 0.1) is 0 Å². The summed E-state index contributed by atoms with van der Waals surface area (Å²) in [6, 6.07) is 9.45. The van der Waals surface area contributed by atoms with E-state index in [1.165, 1.54) is 0 Å². The SMILES string of the molecule is Cc1cc(Oc2cccc(Cl)c2CCN)cc(C)c1Cl. The summed E-state index contributed by atoms with van der Waals surface area (Å²) < 4.78 is 5.96. The Bertz CT molecular complexity index is 603. The molecule has 2 aromatic carbocycles. The van der Waals surface area contributed by atoms with Gasteiger partial charge in [0.2, 0.25) is 0 Å². The van der Waals surface area contributed by atoms with E-state index in [4.69, 9.17) is 33.7 Å². The van der Waals surface area contributed by atoms with Gasteiger partial charge in [0.1, 0.15) is 11.5 Å². The van der Waals surface area contributed by atoms with Crippen molar-refractivity contribution in [2.45, 2.75) is 20.3 Å². The normalized spacial score (nSPS) is 10.7. The molecule has 0 saturated carbocycles. The van der Waals surface area contributed by atoms with E-state index in [2.05, 4.69) is 0 Å². The van der Waals surface area contributed by atoms with Gasteiger partial charge in [-0.3, -0.25) is 0 Å². The van der Waals surface area contributed by atoms with E-state index in [9.17, 15) is 0 Å². The van der Waals surface area contributed by atoms with Gasteiger partial charge >= 0.3 is 0 Å². The summed E-state index contributed by atoms with van der Waals surface area (Å²) in [4.78, 5) is 0. The maximum atomic E-state index is 6.21. The van der Waals surface area contributed by atoms with E-state index in [1.54, 1.807) is 0 Å². The van der Waals surface area contributed by atoms with Gasteiger partial charge in [-0.05, 0) is 62.2 Å². The second-order valence-corrected chi connectivity index (χ2v) is 5.51. The Hall–Kier alpha value is -1.22. The van der Waals surface area contributed by atoms with Crippen molar-refractivity contribution >= 4 is 23.2 Å². The molecule has 2 N–H and O–H groups in total. The van der Waals surface area contributed by atoms with Gasteiger partial charge in [0.15, 0.2) is 0 Å². The summed E-state index contributed by atoms with van der Waals surface area (Å²) in [5, 5.41) is 1.45. The third-order valence-corrected chi connectivity index (χ3v) is 4.06. The van der Waals surface area contributed by atoms with Crippen molar-refractivity contribution in [1.82, 2.24) is 0 Å². The summed E-state index contributed by atoms with van der Waals surface area (Å²) in [5.74, 6) is 1.49. The average Bonchev–Trinajstić information content (AvgIpc) is 2.40. The van der Waals surface area contributed by atoms with Crippen LogP contribution < -0.4 is 10.5 Å². The highest BCUT2D eigenvalue weighted by atomic mass is 35.5. The van der Waals surface area contributed by atoms with Crippen LogP contribution in [0.25, 0.3) is 0 Å². The standard InChI is InChI=1S/C16H17Cl2NO/c1-10-8-12(9-11(2)16(10)18)20-15-5-3-4-14(17)13(15)6-7-19/h3-5,8-9H,6-7,19H2,1-2H3. The van der Waals surface area contributed by atoms with E-state index in [1.807, 2.05) is 44.2 Å². The minimum Gasteiger partial charge on any atom is -0.457 e. The highest BCUT2D eigenvalue weighted by molar-refractivity contribution is 6.32. The van der Waals surface area contributed by atoms with Crippen molar-refractivity contribution in [2.24, 2.45) is 5.73 Å². The number of hydrogen-bond donors (Lipinski definition) is 1. The van der Waals surface area contributed by atoms with E-state index >= 15 is 0 Å². The second-order valence-electron chi connectivity index (χ2n) is 4.73. The Labute approximate surface area is 129 Å². The minimum absolute atomic E-state index is 0.527. The topological polar surface area (TPSA) is 35.2 Å². The Morgan fingerprint density at radius 3 is 2.35 bits per heavy atom. The van der Waals surface area contributed by atoms with Crippen molar-refractivity contribution in [1.29, 1.82) is 0 Å². The first kappa shape index (κ1) is 15.2. The molecule has 2 rings (SSSR count). The van der Waals surface area contributed by atoms with Gasteiger partial charge in [-0.1, -0.05) is 29.3 Å². The molecule has 0 radical (unpaired) electrons. The lowest BCUT2D eigenvalue weighted by Crippen LogP contribution is -2.04. The van der Waals surface area contributed by atoms with E-state index < -0.39 is 0 Å². The van der Waals surface area contributed by atoms with Crippen LogP contribution in [0.15, 0.2) is 30.3 Å². The largest absolute Gasteiger partial charge is 0.457 e. The predicted octanol–water partition coefficient (Wildman–Crippen LogP) is 4.90. The van der Waals surface area contributed by atoms with Crippen LogP contribution in [-0.4, -0.2) is 6.54 Å². The number of rotatable bonds is 4. The maximum Gasteiger partial charge on any atom is 0.132 e. The molecule has 0 bridgehead atoms. The van der Waals surface area contributed by atoms with Crippen LogP contribution in [0.4, 0.5) is 0 Å². The van der Waals surface area contributed by atoms with Crippen molar-refractivity contribution < 1.29 is 4.74 Å². The monoisotopic (exact) mass is 309 g/mol. The molecule has 0 saturated heterocycles. The molecule has 20 heavy (non-hydrogen) atoms. The first-order valence-corrected chi connectivity index (χ1v) is 7.20. The molecular weight excluding hydrogens is 293 g/mol. The average molecular weight is 310 g/mol. The van der Waals surface area contributed by atoms with Crippen LogP contribution >= 0.6 is 23.2 Å². The molecule has 2 aromatic rings. The molecule has 0 fully saturated rings. The number of ether oxygens (including phenoxy) is 1. The molecule has 0 aliphatic carbocycles. The van der Waals surface area contributed by atoms with Crippen molar-refractivity contribution in [3.05, 3.63) is 57.1 Å². The molecule has 0 heterocycles. The van der Waals surface area contributed by atoms with Crippen LogP contribution in [0.2, 0.25) is 10.0 Å². The van der Waals surface area contributed by atoms with Crippen LogP contribution in [-0.2, 0) is 6.42 Å². The lowest BCUT2D eigenvalue weighted by molar-refractivity contribution is 0.475. The number of aryl methyl sites for hydroxylation is 2. The Morgan fingerprint density at radius 2 is 1.75 bits per heavy atom. The number of halogens is 2. The fraction of sp³-hybridized carbons (Fsp3) is 0.250. The molecule has 0 aliphatic heterocycles. The zero-order valence-corrected chi connectivity index (χ0v) is 13.1. The maximum absolute atomic E-state index is 6.21. The molecule has 106 valence electrons. The lowest BCUT2D eigenvalue weighted by Gasteiger charge is -2.14. The summed E-state index contributed by atoms with van der Waals surface area (Å²) in [5.41, 5.74) is 8.54. The van der Waals surface area contributed by atoms with Gasteiger partial charge < -0.3 is 10.5 Å². The van der Waals surface area contributed by atoms with Crippen molar-refractivity contribution in [3.8, 4) is 11.5 Å².